The monoisotopic (exact) mass is 632 g/mol. The molecule has 0 heterocycles. The number of hydrogen-bond acceptors (Lipinski definition) is 0. The predicted molar refractivity (Wildman–Crippen MR) is 216 cm³/mol. The molecule has 0 saturated heterocycles. The van der Waals surface area contributed by atoms with Crippen molar-refractivity contribution in [3.8, 4) is 44.5 Å². The van der Waals surface area contributed by atoms with E-state index in [1.807, 2.05) is 0 Å². The standard InChI is InChI=1S/C50H32/c1-2-13-33(14-3-1)40-29-30-48(43-20-7-6-19-42(40)43)50-46-23-10-8-21-44(46)49(45-22-9-11-24-47(45)50)38-17-12-16-35(32-38)36-27-28-41-37(31-36)26-25-34-15-4-5-18-39(34)41/h1-32H. The molecule has 0 spiro atoms. The summed E-state index contributed by atoms with van der Waals surface area (Å²) in [5, 5.41) is 12.7. The van der Waals surface area contributed by atoms with Gasteiger partial charge >= 0.3 is 0 Å². The highest BCUT2D eigenvalue weighted by Crippen LogP contribution is 2.46. The van der Waals surface area contributed by atoms with E-state index in [9.17, 15) is 0 Å². The van der Waals surface area contributed by atoms with Gasteiger partial charge in [-0.15, -0.1) is 0 Å². The van der Waals surface area contributed by atoms with E-state index in [-0.39, 0.29) is 0 Å². The lowest BCUT2D eigenvalue weighted by Gasteiger charge is -2.20. The van der Waals surface area contributed by atoms with Crippen molar-refractivity contribution in [2.75, 3.05) is 0 Å². The summed E-state index contributed by atoms with van der Waals surface area (Å²) in [4.78, 5) is 0. The van der Waals surface area contributed by atoms with Crippen LogP contribution in [0.3, 0.4) is 0 Å². The highest BCUT2D eigenvalue weighted by atomic mass is 14.2. The van der Waals surface area contributed by atoms with Gasteiger partial charge in [0, 0.05) is 0 Å². The van der Waals surface area contributed by atoms with E-state index in [2.05, 4.69) is 194 Å². The van der Waals surface area contributed by atoms with E-state index in [0.29, 0.717) is 0 Å². The maximum absolute atomic E-state index is 2.38. The third kappa shape index (κ3) is 4.54. The fraction of sp³-hybridized carbons (Fsp3) is 0. The molecule has 0 nitrogen and oxygen atoms in total. The first-order valence-corrected chi connectivity index (χ1v) is 17.4. The van der Waals surface area contributed by atoms with Crippen LogP contribution in [0.25, 0.3) is 98.4 Å². The van der Waals surface area contributed by atoms with Crippen molar-refractivity contribution in [2.24, 2.45) is 0 Å². The molecule has 232 valence electrons. The summed E-state index contributed by atoms with van der Waals surface area (Å²) in [5.41, 5.74) is 9.99. The molecule has 0 atom stereocenters. The van der Waals surface area contributed by atoms with Crippen LogP contribution in [0, 0.1) is 0 Å². The van der Waals surface area contributed by atoms with Gasteiger partial charge in [-0.25, -0.2) is 0 Å². The maximum atomic E-state index is 2.38. The second-order valence-corrected chi connectivity index (χ2v) is 13.2. The second kappa shape index (κ2) is 11.6. The molecule has 0 bridgehead atoms. The molecule has 0 amide bonds. The molecule has 50 heavy (non-hydrogen) atoms. The molecule has 10 aromatic carbocycles. The van der Waals surface area contributed by atoms with E-state index < -0.39 is 0 Å². The van der Waals surface area contributed by atoms with Crippen LogP contribution < -0.4 is 0 Å². The molecule has 0 aliphatic carbocycles. The molecule has 0 radical (unpaired) electrons. The van der Waals surface area contributed by atoms with Gasteiger partial charge in [0.05, 0.1) is 0 Å². The van der Waals surface area contributed by atoms with Gasteiger partial charge in [0.25, 0.3) is 0 Å². The van der Waals surface area contributed by atoms with Gasteiger partial charge in [-0.05, 0) is 111 Å². The van der Waals surface area contributed by atoms with Gasteiger partial charge in [-0.2, -0.15) is 0 Å². The molecule has 0 aliphatic rings. The van der Waals surface area contributed by atoms with Crippen molar-refractivity contribution in [2.45, 2.75) is 0 Å². The van der Waals surface area contributed by atoms with Crippen LogP contribution in [0.15, 0.2) is 194 Å². The Kier molecular flexibility index (Phi) is 6.60. The Morgan fingerprint density at radius 2 is 0.680 bits per heavy atom. The van der Waals surface area contributed by atoms with Gasteiger partial charge in [0.2, 0.25) is 0 Å². The van der Waals surface area contributed by atoms with Crippen molar-refractivity contribution in [3.63, 3.8) is 0 Å². The van der Waals surface area contributed by atoms with Crippen LogP contribution in [-0.2, 0) is 0 Å². The van der Waals surface area contributed by atoms with Crippen LogP contribution in [0.2, 0.25) is 0 Å². The van der Waals surface area contributed by atoms with Crippen LogP contribution in [0.4, 0.5) is 0 Å². The lowest BCUT2D eigenvalue weighted by Crippen LogP contribution is -1.92. The van der Waals surface area contributed by atoms with Crippen molar-refractivity contribution in [3.05, 3.63) is 194 Å². The molecule has 0 unspecified atom stereocenters. The SMILES string of the molecule is c1ccc(-c2ccc(-c3c4ccccc4c(-c4cccc(-c5ccc6c(ccc7ccccc76)c5)c4)c4ccccc34)c3ccccc23)cc1. The highest BCUT2D eigenvalue weighted by molar-refractivity contribution is 6.24. The van der Waals surface area contributed by atoms with Gasteiger partial charge in [-0.1, -0.05) is 182 Å². The minimum atomic E-state index is 1.22. The number of rotatable bonds is 4. The minimum Gasteiger partial charge on any atom is -0.0622 e. The van der Waals surface area contributed by atoms with Crippen molar-refractivity contribution >= 4 is 53.9 Å². The first-order chi connectivity index (χ1) is 24.8. The largest absolute Gasteiger partial charge is 0.0622 e. The molecular weight excluding hydrogens is 601 g/mol. The van der Waals surface area contributed by atoms with Crippen LogP contribution in [-0.4, -0.2) is 0 Å². The molecular formula is C50H32. The number of fused-ring (bicyclic) bond motifs is 6. The Morgan fingerprint density at radius 3 is 1.40 bits per heavy atom. The number of benzene rings is 10. The van der Waals surface area contributed by atoms with Crippen LogP contribution in [0.1, 0.15) is 0 Å². The van der Waals surface area contributed by atoms with Gasteiger partial charge < -0.3 is 0 Å². The topological polar surface area (TPSA) is 0 Å². The Balaban J connectivity index is 1.19. The lowest BCUT2D eigenvalue weighted by atomic mass is 9.83. The summed E-state index contributed by atoms with van der Waals surface area (Å²) in [5.74, 6) is 0. The first-order valence-electron chi connectivity index (χ1n) is 17.4. The summed E-state index contributed by atoms with van der Waals surface area (Å²) in [6.45, 7) is 0. The molecule has 0 saturated carbocycles. The molecule has 0 N–H and O–H groups in total. The second-order valence-electron chi connectivity index (χ2n) is 13.2. The average Bonchev–Trinajstić information content (AvgIpc) is 3.19. The highest BCUT2D eigenvalue weighted by Gasteiger charge is 2.19. The third-order valence-electron chi connectivity index (χ3n) is 10.4. The Morgan fingerprint density at radius 1 is 0.200 bits per heavy atom. The fourth-order valence-electron chi connectivity index (χ4n) is 8.16. The Bertz CT molecular complexity index is 2860. The third-order valence-corrected chi connectivity index (χ3v) is 10.4. The summed E-state index contributed by atoms with van der Waals surface area (Å²) in [6, 6.07) is 71.3. The predicted octanol–water partition coefficient (Wildman–Crippen LogP) is 14.1. The van der Waals surface area contributed by atoms with E-state index in [4.69, 9.17) is 0 Å². The maximum Gasteiger partial charge on any atom is -0.00201 e. The smallest absolute Gasteiger partial charge is 0.00201 e. The summed E-state index contributed by atoms with van der Waals surface area (Å²) in [6.07, 6.45) is 0. The molecule has 0 heteroatoms. The van der Waals surface area contributed by atoms with E-state index in [1.54, 1.807) is 0 Å². The quantitative estimate of drug-likeness (QED) is 0.134. The normalized spacial score (nSPS) is 11.6. The molecule has 10 rings (SSSR count). The molecule has 0 aliphatic heterocycles. The summed E-state index contributed by atoms with van der Waals surface area (Å²) < 4.78 is 0. The number of hydrogen-bond donors (Lipinski definition) is 0. The van der Waals surface area contributed by atoms with Crippen molar-refractivity contribution in [1.29, 1.82) is 0 Å². The average molecular weight is 633 g/mol. The summed E-state index contributed by atoms with van der Waals surface area (Å²) in [7, 11) is 0. The molecule has 0 fully saturated rings. The Labute approximate surface area is 291 Å². The van der Waals surface area contributed by atoms with E-state index in [0.717, 1.165) is 0 Å². The Hall–Kier alpha value is -6.50. The molecule has 10 aromatic rings. The van der Waals surface area contributed by atoms with Crippen molar-refractivity contribution < 1.29 is 0 Å². The van der Waals surface area contributed by atoms with E-state index in [1.165, 1.54) is 98.4 Å². The minimum absolute atomic E-state index is 1.22. The van der Waals surface area contributed by atoms with Crippen LogP contribution in [0.5, 0.6) is 0 Å². The van der Waals surface area contributed by atoms with Crippen molar-refractivity contribution in [1.82, 2.24) is 0 Å². The first kappa shape index (κ1) is 28.5. The zero-order chi connectivity index (χ0) is 33.0. The van der Waals surface area contributed by atoms with Crippen LogP contribution >= 0.6 is 0 Å². The van der Waals surface area contributed by atoms with Gasteiger partial charge in [0.15, 0.2) is 0 Å². The van der Waals surface area contributed by atoms with Gasteiger partial charge in [-0.3, -0.25) is 0 Å². The lowest BCUT2D eigenvalue weighted by molar-refractivity contribution is 1.63. The summed E-state index contributed by atoms with van der Waals surface area (Å²) >= 11 is 0. The fourth-order valence-corrected chi connectivity index (χ4v) is 8.16. The van der Waals surface area contributed by atoms with Gasteiger partial charge in [0.1, 0.15) is 0 Å². The zero-order valence-electron chi connectivity index (χ0n) is 27.5. The zero-order valence-corrected chi connectivity index (χ0v) is 27.5. The van der Waals surface area contributed by atoms with E-state index >= 15 is 0 Å². The molecule has 0 aromatic heterocycles.